The zero-order valence-electron chi connectivity index (χ0n) is 21.3. The minimum Gasteiger partial charge on any atom is -0.493 e. The van der Waals surface area contributed by atoms with Crippen LogP contribution in [0.3, 0.4) is 0 Å². The predicted octanol–water partition coefficient (Wildman–Crippen LogP) is 2.66. The van der Waals surface area contributed by atoms with Crippen molar-refractivity contribution in [1.29, 1.82) is 0 Å². The molecular weight excluding hydrogens is 529 g/mol. The van der Waals surface area contributed by atoms with Crippen LogP contribution in [0.5, 0.6) is 11.5 Å². The van der Waals surface area contributed by atoms with Gasteiger partial charge >= 0.3 is 0 Å². The molecular formula is C26H28FN5O6S. The summed E-state index contributed by atoms with van der Waals surface area (Å²) in [6.07, 6.45) is 1.45. The molecule has 2 heterocycles. The standard InChI is InChI=1S/C26H28FN5O6S/c1-36-18-10-9-14(12-19(18)37-2)22(25(34)30-13-15-6-5-11-38-15)32(17-8-4-3-7-16(17)27)26(35)23-20(28)21(24(29)33)31-39-23/h3-4,7-10,12,15,22H,5-6,11,13,28H2,1-2H3,(H2,29,33)(H,30,34)/t15-,22+/m1/s1. The van der Waals surface area contributed by atoms with Gasteiger partial charge < -0.3 is 31.0 Å². The fourth-order valence-corrected chi connectivity index (χ4v) is 5.05. The van der Waals surface area contributed by atoms with Crippen molar-refractivity contribution in [2.45, 2.75) is 25.0 Å². The molecule has 13 heteroatoms. The lowest BCUT2D eigenvalue weighted by Gasteiger charge is -2.32. The van der Waals surface area contributed by atoms with Gasteiger partial charge in [0, 0.05) is 13.2 Å². The van der Waals surface area contributed by atoms with Gasteiger partial charge in [-0.15, -0.1) is 0 Å². The summed E-state index contributed by atoms with van der Waals surface area (Å²) < 4.78 is 35.5. The molecule has 1 saturated heterocycles. The van der Waals surface area contributed by atoms with Crippen molar-refractivity contribution in [3.8, 4) is 11.5 Å². The van der Waals surface area contributed by atoms with E-state index in [0.29, 0.717) is 35.2 Å². The Morgan fingerprint density at radius 2 is 1.95 bits per heavy atom. The molecule has 1 fully saturated rings. The molecule has 3 aromatic rings. The topological polar surface area (TPSA) is 159 Å². The van der Waals surface area contributed by atoms with Crippen LogP contribution in [0.4, 0.5) is 15.8 Å². The van der Waals surface area contributed by atoms with Crippen LogP contribution in [0, 0.1) is 5.82 Å². The van der Waals surface area contributed by atoms with Gasteiger partial charge in [0.15, 0.2) is 17.2 Å². The van der Waals surface area contributed by atoms with Crippen LogP contribution in [0.1, 0.15) is 44.6 Å². The number of rotatable bonds is 10. The first kappa shape index (κ1) is 27.8. The van der Waals surface area contributed by atoms with Crippen LogP contribution < -0.4 is 31.2 Å². The summed E-state index contributed by atoms with van der Waals surface area (Å²) in [6.45, 7) is 0.781. The number of hydrogen-bond donors (Lipinski definition) is 3. The molecule has 1 aliphatic heterocycles. The molecule has 5 N–H and O–H groups in total. The molecule has 2 atom stereocenters. The summed E-state index contributed by atoms with van der Waals surface area (Å²) in [5.74, 6) is -2.46. The zero-order valence-corrected chi connectivity index (χ0v) is 22.1. The molecule has 206 valence electrons. The number of primary amides is 1. The lowest BCUT2D eigenvalue weighted by Crippen LogP contribution is -2.46. The second-order valence-electron chi connectivity index (χ2n) is 8.66. The van der Waals surface area contributed by atoms with Gasteiger partial charge in [0.05, 0.1) is 31.7 Å². The van der Waals surface area contributed by atoms with E-state index in [2.05, 4.69) is 9.69 Å². The molecule has 11 nitrogen and oxygen atoms in total. The normalized spacial score (nSPS) is 15.4. The molecule has 1 aliphatic rings. The van der Waals surface area contributed by atoms with Crippen molar-refractivity contribution in [2.24, 2.45) is 5.73 Å². The number of amides is 3. The average molecular weight is 558 g/mol. The first-order valence-corrected chi connectivity index (χ1v) is 12.8. The SMILES string of the molecule is COc1ccc([C@@H](C(=O)NC[C@H]2CCCO2)N(C(=O)c2snc(C(N)=O)c2N)c2ccccc2F)cc1OC. The fourth-order valence-electron chi connectivity index (χ4n) is 4.31. The molecule has 0 bridgehead atoms. The number of ether oxygens (including phenoxy) is 3. The van der Waals surface area contributed by atoms with Gasteiger partial charge in [-0.25, -0.2) is 4.39 Å². The molecule has 39 heavy (non-hydrogen) atoms. The number of nitrogen functional groups attached to an aromatic ring is 1. The van der Waals surface area contributed by atoms with Crippen LogP contribution in [0.2, 0.25) is 0 Å². The highest BCUT2D eigenvalue weighted by Gasteiger charge is 2.38. The number of carbonyl (C=O) groups is 3. The monoisotopic (exact) mass is 557 g/mol. The van der Waals surface area contributed by atoms with Crippen LogP contribution in [0.15, 0.2) is 42.5 Å². The van der Waals surface area contributed by atoms with E-state index in [0.717, 1.165) is 23.8 Å². The van der Waals surface area contributed by atoms with Crippen molar-refractivity contribution in [3.63, 3.8) is 0 Å². The molecule has 2 aromatic carbocycles. The van der Waals surface area contributed by atoms with E-state index in [4.69, 9.17) is 25.7 Å². The Balaban J connectivity index is 1.87. The van der Waals surface area contributed by atoms with Gasteiger partial charge in [-0.3, -0.25) is 19.3 Å². The van der Waals surface area contributed by atoms with Crippen LogP contribution in [-0.2, 0) is 9.53 Å². The number of aromatic nitrogens is 1. The van der Waals surface area contributed by atoms with Gasteiger partial charge in [0.1, 0.15) is 16.7 Å². The molecule has 0 spiro atoms. The molecule has 4 rings (SSSR count). The molecule has 0 aliphatic carbocycles. The first-order chi connectivity index (χ1) is 18.8. The Morgan fingerprint density at radius 3 is 2.56 bits per heavy atom. The number of nitrogens with two attached hydrogens (primary N) is 2. The number of halogens is 1. The number of hydrogen-bond acceptors (Lipinski definition) is 9. The predicted molar refractivity (Wildman–Crippen MR) is 143 cm³/mol. The Hall–Kier alpha value is -4.23. The maximum Gasteiger partial charge on any atom is 0.273 e. The van der Waals surface area contributed by atoms with Crippen LogP contribution >= 0.6 is 11.5 Å². The van der Waals surface area contributed by atoms with Crippen molar-refractivity contribution in [1.82, 2.24) is 9.69 Å². The Morgan fingerprint density at radius 1 is 1.21 bits per heavy atom. The second kappa shape index (κ2) is 12.1. The number of anilines is 2. The molecule has 0 unspecified atom stereocenters. The van der Waals surface area contributed by atoms with Gasteiger partial charge in [0.25, 0.3) is 11.8 Å². The Labute approximate surface area is 228 Å². The highest BCUT2D eigenvalue weighted by atomic mass is 32.1. The van der Waals surface area contributed by atoms with Crippen molar-refractivity contribution < 1.29 is 33.0 Å². The van der Waals surface area contributed by atoms with E-state index in [9.17, 15) is 14.4 Å². The van der Waals surface area contributed by atoms with E-state index >= 15 is 4.39 Å². The van der Waals surface area contributed by atoms with E-state index < -0.39 is 29.6 Å². The van der Waals surface area contributed by atoms with Crippen molar-refractivity contribution >= 4 is 40.6 Å². The quantitative estimate of drug-likeness (QED) is 0.343. The third-order valence-electron chi connectivity index (χ3n) is 6.24. The maximum absolute atomic E-state index is 15.3. The van der Waals surface area contributed by atoms with Crippen molar-refractivity contribution in [3.05, 3.63) is 64.4 Å². The lowest BCUT2D eigenvalue weighted by atomic mass is 10.0. The number of methoxy groups -OCH3 is 2. The zero-order chi connectivity index (χ0) is 28.1. The Bertz CT molecular complexity index is 1380. The first-order valence-electron chi connectivity index (χ1n) is 12.0. The molecule has 3 amide bonds. The van der Waals surface area contributed by atoms with Crippen molar-refractivity contribution in [2.75, 3.05) is 38.0 Å². The third kappa shape index (κ3) is 5.78. The van der Waals surface area contributed by atoms with E-state index in [1.54, 1.807) is 12.1 Å². The Kier molecular flexibility index (Phi) is 8.62. The molecule has 0 radical (unpaired) electrons. The van der Waals surface area contributed by atoms with E-state index in [1.807, 2.05) is 0 Å². The number of nitrogens with one attached hydrogen (secondary N) is 1. The summed E-state index contributed by atoms with van der Waals surface area (Å²) in [5, 5.41) is 2.83. The van der Waals surface area contributed by atoms with E-state index in [-0.39, 0.29) is 34.6 Å². The minimum atomic E-state index is -1.39. The van der Waals surface area contributed by atoms with Gasteiger partial charge in [-0.1, -0.05) is 18.2 Å². The fraction of sp³-hybridized carbons (Fsp3) is 0.308. The smallest absolute Gasteiger partial charge is 0.273 e. The maximum atomic E-state index is 15.3. The number of para-hydroxylation sites is 1. The average Bonchev–Trinajstić information content (AvgIpc) is 3.60. The minimum absolute atomic E-state index is 0.176. The summed E-state index contributed by atoms with van der Waals surface area (Å²) in [4.78, 5) is 40.5. The van der Waals surface area contributed by atoms with Crippen LogP contribution in [-0.4, -0.2) is 55.6 Å². The van der Waals surface area contributed by atoms with Gasteiger partial charge in [0.2, 0.25) is 5.91 Å². The molecule has 0 saturated carbocycles. The second-order valence-corrected chi connectivity index (χ2v) is 9.44. The summed E-state index contributed by atoms with van der Waals surface area (Å²) in [6, 6.07) is 8.79. The number of nitrogens with zero attached hydrogens (tertiary/aromatic N) is 2. The third-order valence-corrected chi connectivity index (χ3v) is 7.10. The summed E-state index contributed by atoms with van der Waals surface area (Å²) >= 11 is 0.627. The van der Waals surface area contributed by atoms with Gasteiger partial charge in [-0.2, -0.15) is 4.37 Å². The van der Waals surface area contributed by atoms with Crippen LogP contribution in [0.25, 0.3) is 0 Å². The van der Waals surface area contributed by atoms with Gasteiger partial charge in [-0.05, 0) is 54.2 Å². The highest BCUT2D eigenvalue weighted by Crippen LogP contribution is 2.37. The summed E-state index contributed by atoms with van der Waals surface area (Å²) in [5.41, 5.74) is 10.9. The summed E-state index contributed by atoms with van der Waals surface area (Å²) in [7, 11) is 2.89. The lowest BCUT2D eigenvalue weighted by molar-refractivity contribution is -0.123. The van der Waals surface area contributed by atoms with E-state index in [1.165, 1.54) is 38.5 Å². The molecule has 1 aromatic heterocycles. The largest absolute Gasteiger partial charge is 0.493 e. The highest BCUT2D eigenvalue weighted by molar-refractivity contribution is 7.09. The number of carbonyl (C=O) groups excluding carboxylic acids is 3. The number of benzene rings is 2.